The summed E-state index contributed by atoms with van der Waals surface area (Å²) in [7, 11) is 1.57. The zero-order valence-electron chi connectivity index (χ0n) is 24.5. The van der Waals surface area contributed by atoms with Gasteiger partial charge in [-0.05, 0) is 43.0 Å². The number of benzene rings is 2. The summed E-state index contributed by atoms with van der Waals surface area (Å²) in [5.41, 5.74) is -2.03. The fraction of sp³-hybridized carbons (Fsp3) is 0.387. The van der Waals surface area contributed by atoms with Crippen molar-refractivity contribution in [1.82, 2.24) is 19.9 Å². The van der Waals surface area contributed by atoms with Gasteiger partial charge in [0.2, 0.25) is 0 Å². The Morgan fingerprint density at radius 3 is 2.86 bits per heavy atom. The van der Waals surface area contributed by atoms with Crippen molar-refractivity contribution in [2.45, 2.75) is 49.6 Å². The number of terminal acetylenes is 1. The summed E-state index contributed by atoms with van der Waals surface area (Å²) in [6.07, 6.45) is 5.67. The van der Waals surface area contributed by atoms with Crippen LogP contribution in [0, 0.1) is 24.0 Å². The number of aromatic nitrogens is 3. The first-order valence-corrected chi connectivity index (χ1v) is 13.7. The highest BCUT2D eigenvalue weighted by Gasteiger charge is 2.49. The van der Waals surface area contributed by atoms with E-state index < -0.39 is 48.1 Å². The van der Waals surface area contributed by atoms with Gasteiger partial charge < -0.3 is 14.7 Å². The van der Waals surface area contributed by atoms with Crippen LogP contribution >= 0.6 is 0 Å². The lowest BCUT2D eigenvalue weighted by molar-refractivity contribution is 0.107. The van der Waals surface area contributed by atoms with E-state index in [1.54, 1.807) is 11.9 Å². The Morgan fingerprint density at radius 1 is 1.29 bits per heavy atom. The van der Waals surface area contributed by atoms with Crippen molar-refractivity contribution in [2.24, 2.45) is 0 Å². The van der Waals surface area contributed by atoms with Crippen LogP contribution in [0.15, 0.2) is 30.5 Å². The number of phenols is 1. The number of halogens is 4. The fourth-order valence-corrected chi connectivity index (χ4v) is 6.39. The first kappa shape index (κ1) is 24.4. The molecule has 0 spiro atoms. The van der Waals surface area contributed by atoms with E-state index in [0.717, 1.165) is 6.07 Å². The summed E-state index contributed by atoms with van der Waals surface area (Å²) in [6, 6.07) is 4.05. The van der Waals surface area contributed by atoms with Crippen molar-refractivity contribution in [2.75, 3.05) is 31.6 Å². The monoisotopic (exact) mass is 579 g/mol. The molecule has 11 heteroatoms. The van der Waals surface area contributed by atoms with Crippen molar-refractivity contribution in [3.05, 3.63) is 47.7 Å². The number of anilines is 1. The number of hydrogen-bond donors (Lipinski definition) is 1. The molecule has 7 rings (SSSR count). The van der Waals surface area contributed by atoms with Crippen LogP contribution in [0.1, 0.15) is 34.0 Å². The lowest BCUT2D eigenvalue weighted by atomic mass is 9.95. The van der Waals surface area contributed by atoms with Crippen molar-refractivity contribution >= 4 is 27.5 Å². The van der Waals surface area contributed by atoms with Crippen LogP contribution in [-0.4, -0.2) is 75.6 Å². The predicted octanol–water partition coefficient (Wildman–Crippen LogP) is 5.31. The molecule has 42 heavy (non-hydrogen) atoms. The number of rotatable bonds is 6. The highest BCUT2D eigenvalue weighted by atomic mass is 19.1. The summed E-state index contributed by atoms with van der Waals surface area (Å²) in [4.78, 5) is 16.2. The number of fused-ring (bicyclic) bond motifs is 3. The summed E-state index contributed by atoms with van der Waals surface area (Å²) in [6.45, 7) is -1.86. The van der Waals surface area contributed by atoms with E-state index in [-0.39, 0.29) is 64.1 Å². The highest BCUT2D eigenvalue weighted by molar-refractivity contribution is 6.03. The van der Waals surface area contributed by atoms with Crippen LogP contribution in [0.5, 0.6) is 11.8 Å². The number of ether oxygens (including phenoxy) is 1. The number of aromatic hydroxyl groups is 1. The minimum atomic E-state index is -2.46. The van der Waals surface area contributed by atoms with E-state index in [2.05, 4.69) is 20.9 Å². The molecule has 1 N–H and O–H groups in total. The first-order chi connectivity index (χ1) is 20.9. The Labute approximate surface area is 242 Å². The maximum absolute atomic E-state index is 16.6. The molecule has 1 saturated carbocycles. The minimum Gasteiger partial charge on any atom is -0.508 e. The molecular formula is C31H27F4N5O2. The third-order valence-corrected chi connectivity index (χ3v) is 8.54. The Hall–Kier alpha value is -4.17. The van der Waals surface area contributed by atoms with Crippen molar-refractivity contribution in [3.8, 4) is 35.4 Å². The van der Waals surface area contributed by atoms with Crippen LogP contribution < -0.4 is 9.64 Å². The van der Waals surface area contributed by atoms with Gasteiger partial charge in [-0.3, -0.25) is 9.88 Å². The van der Waals surface area contributed by atoms with E-state index in [4.69, 9.17) is 13.9 Å². The average molecular weight is 580 g/mol. The molecule has 0 bridgehead atoms. The molecule has 2 saturated heterocycles. The standard InChI is InChI=1S/C31H27F4N5O2/c1-3-19-22(33)6-5-16-9-18(41)10-20(25(16)19)27-26(35)28-21(13-36-27)29(39(2)24-11-23(24)34)38-30(37-28)42-15-31-7-4-8-40(31)14-17(32)12-31/h1,5-6,9-10,13,17,23-24,41H,4,7-8,11-12,14-15H2,2H3/t17?,23-,24?,31?/m0/s1/i15D2. The van der Waals surface area contributed by atoms with Crippen molar-refractivity contribution in [1.29, 1.82) is 0 Å². The molecule has 4 heterocycles. The Kier molecular flexibility index (Phi) is 5.64. The van der Waals surface area contributed by atoms with Gasteiger partial charge in [0.1, 0.15) is 47.5 Å². The van der Waals surface area contributed by atoms with E-state index >= 15 is 4.39 Å². The lowest BCUT2D eigenvalue weighted by Crippen LogP contribution is -2.43. The second-order valence-electron chi connectivity index (χ2n) is 11.2. The summed E-state index contributed by atoms with van der Waals surface area (Å²) < 4.78 is 83.5. The van der Waals surface area contributed by atoms with Crippen molar-refractivity contribution < 1.29 is 30.1 Å². The number of phenolic OH excluding ortho intramolecular Hbond substituents is 1. The maximum Gasteiger partial charge on any atom is 0.319 e. The fourth-order valence-electron chi connectivity index (χ4n) is 6.39. The Balaban J connectivity index is 1.42. The number of pyridine rings is 1. The van der Waals surface area contributed by atoms with Gasteiger partial charge in [0.05, 0.1) is 25.3 Å². The molecule has 2 aromatic heterocycles. The molecular weight excluding hydrogens is 550 g/mol. The first-order valence-electron chi connectivity index (χ1n) is 14.7. The zero-order valence-corrected chi connectivity index (χ0v) is 22.5. The highest BCUT2D eigenvalue weighted by Crippen LogP contribution is 2.42. The third-order valence-electron chi connectivity index (χ3n) is 8.54. The summed E-state index contributed by atoms with van der Waals surface area (Å²) >= 11 is 0. The van der Waals surface area contributed by atoms with Gasteiger partial charge in [0.25, 0.3) is 0 Å². The quantitative estimate of drug-likeness (QED) is 0.245. The second-order valence-corrected chi connectivity index (χ2v) is 11.2. The van der Waals surface area contributed by atoms with E-state index in [1.807, 2.05) is 0 Å². The van der Waals surface area contributed by atoms with Crippen LogP contribution in [0.3, 0.4) is 0 Å². The lowest BCUT2D eigenvalue weighted by Gasteiger charge is -2.31. The molecule has 2 aliphatic heterocycles. The normalized spacial score (nSPS) is 26.1. The van der Waals surface area contributed by atoms with E-state index in [1.165, 1.54) is 29.3 Å². The number of nitrogens with zero attached hydrogens (tertiary/aromatic N) is 5. The van der Waals surface area contributed by atoms with Crippen LogP contribution in [0.2, 0.25) is 0 Å². The van der Waals surface area contributed by atoms with Gasteiger partial charge in [-0.25, -0.2) is 17.6 Å². The van der Waals surface area contributed by atoms with Gasteiger partial charge in [-0.2, -0.15) is 9.97 Å². The van der Waals surface area contributed by atoms with E-state index in [0.29, 0.717) is 24.8 Å². The third kappa shape index (κ3) is 4.19. The molecule has 3 unspecified atom stereocenters. The molecule has 0 radical (unpaired) electrons. The molecule has 0 amide bonds. The molecule has 216 valence electrons. The van der Waals surface area contributed by atoms with Gasteiger partial charge in [0, 0.05) is 43.6 Å². The van der Waals surface area contributed by atoms with Crippen LogP contribution in [-0.2, 0) is 0 Å². The van der Waals surface area contributed by atoms with Crippen LogP contribution in [0.4, 0.5) is 23.4 Å². The van der Waals surface area contributed by atoms with Gasteiger partial charge in [0.15, 0.2) is 5.82 Å². The molecule has 3 fully saturated rings. The topological polar surface area (TPSA) is 74.6 Å². The van der Waals surface area contributed by atoms with Gasteiger partial charge >= 0.3 is 6.01 Å². The SMILES string of the molecule is [2H]C([2H])(Oc1nc(N(C)C2C[C@@H]2F)c2cnc(-c3cc(O)cc4ccc(F)c(C#C)c34)c(F)c2n1)C12CCCN1CC(F)C2. The molecule has 4 atom stereocenters. The average Bonchev–Trinajstić information content (AvgIpc) is 3.41. The zero-order chi connectivity index (χ0) is 31.1. The van der Waals surface area contributed by atoms with E-state index in [9.17, 15) is 18.3 Å². The molecule has 4 aromatic rings. The van der Waals surface area contributed by atoms with Crippen LogP contribution in [0.25, 0.3) is 32.9 Å². The molecule has 7 nitrogen and oxygen atoms in total. The van der Waals surface area contributed by atoms with Crippen molar-refractivity contribution in [3.63, 3.8) is 0 Å². The minimum absolute atomic E-state index is 0.00427. The summed E-state index contributed by atoms with van der Waals surface area (Å²) in [5, 5.41) is 11.0. The Morgan fingerprint density at radius 2 is 2.10 bits per heavy atom. The van der Waals surface area contributed by atoms with Gasteiger partial charge in [-0.1, -0.05) is 12.0 Å². The molecule has 1 aliphatic carbocycles. The number of hydrogen-bond acceptors (Lipinski definition) is 7. The molecule has 2 aromatic carbocycles. The predicted molar refractivity (Wildman–Crippen MR) is 150 cm³/mol. The van der Waals surface area contributed by atoms with Gasteiger partial charge in [-0.15, -0.1) is 6.42 Å². The molecule has 3 aliphatic rings. The maximum atomic E-state index is 16.6. The summed E-state index contributed by atoms with van der Waals surface area (Å²) in [5.74, 6) is 0.396. The Bertz CT molecular complexity index is 1890. The second kappa shape index (κ2) is 9.70. The largest absolute Gasteiger partial charge is 0.508 e. The smallest absolute Gasteiger partial charge is 0.319 e. The number of alkyl halides is 2.